The third-order valence-corrected chi connectivity index (χ3v) is 9.67. The zero-order valence-electron chi connectivity index (χ0n) is 25.4. The molecule has 1 aliphatic heterocycles. The lowest BCUT2D eigenvalue weighted by molar-refractivity contribution is -0.148. The van der Waals surface area contributed by atoms with E-state index in [0.29, 0.717) is 36.6 Å². The predicted molar refractivity (Wildman–Crippen MR) is 162 cm³/mol. The Balaban J connectivity index is 1.48. The van der Waals surface area contributed by atoms with Gasteiger partial charge in [-0.15, -0.1) is 0 Å². The summed E-state index contributed by atoms with van der Waals surface area (Å²) < 4.78 is 11.2. The van der Waals surface area contributed by atoms with E-state index in [0.717, 1.165) is 24.2 Å². The summed E-state index contributed by atoms with van der Waals surface area (Å²) in [4.78, 5) is 43.7. The van der Waals surface area contributed by atoms with Crippen LogP contribution in [0.2, 0.25) is 0 Å². The van der Waals surface area contributed by atoms with Gasteiger partial charge in [0, 0.05) is 36.7 Å². The molecule has 2 aromatic carbocycles. The fourth-order valence-electron chi connectivity index (χ4n) is 7.58. The van der Waals surface area contributed by atoms with Crippen molar-refractivity contribution in [2.45, 2.75) is 31.0 Å². The molecule has 45 heavy (non-hydrogen) atoms. The smallest absolute Gasteiger partial charge is 0.255 e. The fourth-order valence-corrected chi connectivity index (χ4v) is 7.58. The summed E-state index contributed by atoms with van der Waals surface area (Å²) in [7, 11) is 4.75. The number of phenolic OH excluding ortho intramolecular Hbond substituents is 1. The molecule has 0 spiro atoms. The number of phenols is 1. The zero-order chi connectivity index (χ0) is 32.4. The highest BCUT2D eigenvalue weighted by molar-refractivity contribution is 6.25. The Morgan fingerprint density at radius 1 is 1.11 bits per heavy atom. The number of primary amides is 1. The van der Waals surface area contributed by atoms with Crippen LogP contribution in [0.15, 0.2) is 53.0 Å². The maximum absolute atomic E-state index is 14.2. The number of fused-ring (bicyclic) bond motifs is 3. The Labute approximate surface area is 259 Å². The molecule has 1 fully saturated rings. The predicted octanol–water partition coefficient (Wildman–Crippen LogP) is 1.63. The molecule has 0 bridgehead atoms. The quantitative estimate of drug-likeness (QED) is 0.296. The summed E-state index contributed by atoms with van der Waals surface area (Å²) >= 11 is 0. The molecule has 0 saturated carbocycles. The Bertz CT molecular complexity index is 1670. The summed E-state index contributed by atoms with van der Waals surface area (Å²) in [5, 5.41) is 45.4. The minimum absolute atomic E-state index is 0.00899. The number of carbonyl (C=O) groups excluding carboxylic acids is 3. The molecule has 2 aromatic rings. The van der Waals surface area contributed by atoms with Crippen LogP contribution >= 0.6 is 0 Å². The number of aliphatic hydroxyl groups excluding tert-OH is 2. The van der Waals surface area contributed by atoms with Crippen molar-refractivity contribution in [1.29, 1.82) is 0 Å². The van der Waals surface area contributed by atoms with E-state index in [4.69, 9.17) is 15.2 Å². The van der Waals surface area contributed by atoms with E-state index in [2.05, 4.69) is 4.90 Å². The minimum atomic E-state index is -2.69. The molecule has 4 atom stereocenters. The van der Waals surface area contributed by atoms with Crippen molar-refractivity contribution in [2.75, 3.05) is 47.5 Å². The molecule has 1 amide bonds. The number of allylic oxidation sites excluding steroid dienone is 1. The molecule has 4 aliphatic rings. The number of carbonyl (C=O) groups is 3. The third kappa shape index (κ3) is 4.71. The number of benzene rings is 2. The first-order chi connectivity index (χ1) is 21.4. The van der Waals surface area contributed by atoms with Crippen molar-refractivity contribution in [2.24, 2.45) is 17.6 Å². The van der Waals surface area contributed by atoms with Gasteiger partial charge in [-0.05, 0) is 67.7 Å². The van der Waals surface area contributed by atoms with Gasteiger partial charge in [-0.1, -0.05) is 12.1 Å². The summed E-state index contributed by atoms with van der Waals surface area (Å²) in [5.41, 5.74) is 4.60. The summed E-state index contributed by atoms with van der Waals surface area (Å²) in [6.45, 7) is 3.62. The van der Waals surface area contributed by atoms with Crippen molar-refractivity contribution in [3.8, 4) is 22.6 Å². The molecule has 0 aromatic heterocycles. The van der Waals surface area contributed by atoms with E-state index in [-0.39, 0.29) is 29.7 Å². The van der Waals surface area contributed by atoms with Crippen molar-refractivity contribution in [3.05, 3.63) is 69.7 Å². The molecule has 3 aliphatic carbocycles. The van der Waals surface area contributed by atoms with E-state index >= 15 is 0 Å². The van der Waals surface area contributed by atoms with Crippen LogP contribution in [0.1, 0.15) is 27.9 Å². The second-order valence-electron chi connectivity index (χ2n) is 12.4. The number of hydrogen-bond donors (Lipinski definition) is 5. The standard InChI is InChI=1S/C33H37N3O9/c1-35(2)27-21-14-17-13-20-18(19-12-16(4-7-23(19)44-3)15-36-8-10-45-11-9-36)5-6-22(37)25(20)28(38)24(17)30(40)33(21,43)31(41)26(29(27)39)32(34)42/h4-7,12,17,21,27,37,39-40,43H,8-11,13-15H2,1-3H3,(H2,34,42)/t17-,21-,27-,33-/m1/s1. The lowest BCUT2D eigenvalue weighted by Crippen LogP contribution is -2.63. The Kier molecular flexibility index (Phi) is 7.72. The lowest BCUT2D eigenvalue weighted by atomic mass is 9.58. The van der Waals surface area contributed by atoms with E-state index in [1.165, 1.54) is 11.0 Å². The monoisotopic (exact) mass is 619 g/mol. The number of amides is 1. The van der Waals surface area contributed by atoms with Gasteiger partial charge in [0.15, 0.2) is 11.4 Å². The number of hydrogen-bond acceptors (Lipinski definition) is 11. The van der Waals surface area contributed by atoms with Gasteiger partial charge in [0.05, 0.1) is 31.9 Å². The van der Waals surface area contributed by atoms with Gasteiger partial charge in [-0.3, -0.25) is 24.2 Å². The summed E-state index contributed by atoms with van der Waals surface area (Å²) in [6.07, 6.45) is 0.185. The van der Waals surface area contributed by atoms with Gasteiger partial charge in [-0.25, -0.2) is 0 Å². The number of rotatable bonds is 6. The second-order valence-corrected chi connectivity index (χ2v) is 12.4. The van der Waals surface area contributed by atoms with Crippen molar-refractivity contribution < 1.29 is 44.3 Å². The fraction of sp³-hybridized carbons (Fsp3) is 0.424. The Morgan fingerprint density at radius 2 is 1.82 bits per heavy atom. The molecular weight excluding hydrogens is 582 g/mol. The van der Waals surface area contributed by atoms with Crippen LogP contribution in [-0.2, 0) is 27.3 Å². The average Bonchev–Trinajstić information content (AvgIpc) is 2.99. The first-order valence-corrected chi connectivity index (χ1v) is 14.9. The number of likely N-dealkylation sites (N-methyl/N-ethyl adjacent to an activating group) is 1. The number of methoxy groups -OCH3 is 1. The van der Waals surface area contributed by atoms with Crippen molar-refractivity contribution >= 4 is 17.5 Å². The highest BCUT2D eigenvalue weighted by Crippen LogP contribution is 2.53. The molecule has 238 valence electrons. The normalized spacial score (nSPS) is 26.9. The van der Waals surface area contributed by atoms with E-state index < -0.39 is 58.0 Å². The molecule has 12 heteroatoms. The van der Waals surface area contributed by atoms with Crippen molar-refractivity contribution in [1.82, 2.24) is 9.80 Å². The van der Waals surface area contributed by atoms with Gasteiger partial charge in [0.2, 0.25) is 5.78 Å². The molecule has 6 N–H and O–H groups in total. The lowest BCUT2D eigenvalue weighted by Gasteiger charge is -2.50. The largest absolute Gasteiger partial charge is 0.510 e. The second kappa shape index (κ2) is 11.3. The SMILES string of the molecule is COc1ccc(CN2CCOCC2)cc1-c1ccc(O)c2c1C[C@@H]1C[C@@H]3[C@@H](N(C)C)C(O)=C(C(N)=O)C(=O)[C@]3(O)C(O)=C1C2=O. The number of aliphatic hydroxyl groups is 3. The van der Waals surface area contributed by atoms with E-state index in [9.17, 15) is 34.8 Å². The topological polar surface area (TPSA) is 183 Å². The number of aromatic hydroxyl groups is 1. The molecule has 6 rings (SSSR count). The van der Waals surface area contributed by atoms with Gasteiger partial charge in [0.25, 0.3) is 5.91 Å². The van der Waals surface area contributed by atoms with Crippen LogP contribution in [0.25, 0.3) is 11.1 Å². The molecule has 1 saturated heterocycles. The van der Waals surface area contributed by atoms with Crippen LogP contribution < -0.4 is 10.5 Å². The number of morpholine rings is 1. The highest BCUT2D eigenvalue weighted by Gasteiger charge is 2.63. The molecule has 1 heterocycles. The number of Topliss-reactive ketones (excluding diaryl/α,β-unsaturated/α-hetero) is 2. The Morgan fingerprint density at radius 3 is 2.47 bits per heavy atom. The summed E-state index contributed by atoms with van der Waals surface area (Å²) in [5.74, 6) is -6.28. The first kappa shape index (κ1) is 30.8. The molecule has 0 unspecified atom stereocenters. The van der Waals surface area contributed by atoms with Crippen LogP contribution in [0.4, 0.5) is 0 Å². The molecular formula is C33H37N3O9. The number of ketones is 2. The van der Waals surface area contributed by atoms with Gasteiger partial charge in [-0.2, -0.15) is 0 Å². The van der Waals surface area contributed by atoms with Crippen LogP contribution in [-0.4, -0.2) is 107 Å². The molecule has 0 radical (unpaired) electrons. The highest BCUT2D eigenvalue weighted by atomic mass is 16.5. The minimum Gasteiger partial charge on any atom is -0.510 e. The molecule has 12 nitrogen and oxygen atoms in total. The van der Waals surface area contributed by atoms with Gasteiger partial charge >= 0.3 is 0 Å². The first-order valence-electron chi connectivity index (χ1n) is 14.9. The summed E-state index contributed by atoms with van der Waals surface area (Å²) in [6, 6.07) is 7.93. The number of ether oxygens (including phenoxy) is 2. The van der Waals surface area contributed by atoms with Crippen LogP contribution in [0.3, 0.4) is 0 Å². The van der Waals surface area contributed by atoms with E-state index in [1.807, 2.05) is 18.2 Å². The van der Waals surface area contributed by atoms with Crippen LogP contribution in [0.5, 0.6) is 11.5 Å². The van der Waals surface area contributed by atoms with Gasteiger partial charge < -0.3 is 35.6 Å². The average molecular weight is 620 g/mol. The van der Waals surface area contributed by atoms with Crippen molar-refractivity contribution in [3.63, 3.8) is 0 Å². The van der Waals surface area contributed by atoms with Crippen LogP contribution in [0, 0.1) is 11.8 Å². The maximum atomic E-state index is 14.2. The zero-order valence-corrected chi connectivity index (χ0v) is 25.4. The van der Waals surface area contributed by atoms with Gasteiger partial charge in [0.1, 0.15) is 28.6 Å². The van der Waals surface area contributed by atoms with E-state index in [1.54, 1.807) is 27.3 Å². The number of nitrogens with two attached hydrogens (primary N) is 1. The number of nitrogens with zero attached hydrogens (tertiary/aromatic N) is 2. The maximum Gasteiger partial charge on any atom is 0.255 e. The Hall–Kier alpha value is -4.23. The third-order valence-electron chi connectivity index (χ3n) is 9.67.